The number of benzene rings is 1. The Kier molecular flexibility index (Phi) is 3.16. The minimum Gasteiger partial charge on any atom is -0.383 e. The fourth-order valence-electron chi connectivity index (χ4n) is 1.13. The topological polar surface area (TPSA) is 46.2 Å². The van der Waals surface area contributed by atoms with Gasteiger partial charge in [0, 0.05) is 18.0 Å². The lowest BCUT2D eigenvalue weighted by Gasteiger charge is -2.09. The van der Waals surface area contributed by atoms with Gasteiger partial charge in [-0.3, -0.25) is 0 Å². The van der Waals surface area contributed by atoms with Crippen LogP contribution in [0.4, 0.5) is 5.69 Å². The van der Waals surface area contributed by atoms with Crippen LogP contribution >= 0.6 is 0 Å². The molecule has 4 heteroatoms. The van der Waals surface area contributed by atoms with E-state index in [1.807, 2.05) is 13.8 Å². The fourth-order valence-corrected chi connectivity index (χ4v) is 1.76. The molecule has 0 bridgehead atoms. The van der Waals surface area contributed by atoms with Crippen molar-refractivity contribution in [3.8, 4) is 0 Å². The van der Waals surface area contributed by atoms with Gasteiger partial charge in [0.15, 0.2) is 9.84 Å². The van der Waals surface area contributed by atoms with Crippen molar-refractivity contribution in [3.63, 3.8) is 0 Å². The van der Waals surface area contributed by atoms with E-state index in [2.05, 4.69) is 5.32 Å². The molecule has 0 aromatic heterocycles. The smallest absolute Gasteiger partial charge is 0.175 e. The lowest BCUT2D eigenvalue weighted by molar-refractivity contribution is 0.602. The minimum atomic E-state index is -3.08. The van der Waals surface area contributed by atoms with Gasteiger partial charge in [0.05, 0.1) is 4.90 Å². The quantitative estimate of drug-likeness (QED) is 0.834. The normalized spacial score (nSPS) is 11.7. The number of anilines is 1. The van der Waals surface area contributed by atoms with Gasteiger partial charge in [-0.1, -0.05) is 0 Å². The fraction of sp³-hybridized carbons (Fsp3) is 0.400. The summed E-state index contributed by atoms with van der Waals surface area (Å²) in [6.07, 6.45) is 1.21. The molecular formula is C10H15NO2S. The number of hydrogen-bond donors (Lipinski definition) is 1. The molecule has 0 aliphatic heterocycles. The van der Waals surface area contributed by atoms with E-state index in [-0.39, 0.29) is 0 Å². The van der Waals surface area contributed by atoms with Crippen molar-refractivity contribution in [1.29, 1.82) is 0 Å². The highest BCUT2D eigenvalue weighted by atomic mass is 32.2. The Morgan fingerprint density at radius 2 is 1.64 bits per heavy atom. The molecule has 0 saturated heterocycles. The molecule has 0 aliphatic rings. The van der Waals surface area contributed by atoms with E-state index in [1.165, 1.54) is 6.26 Å². The molecule has 1 rings (SSSR count). The van der Waals surface area contributed by atoms with Crippen LogP contribution in [0.25, 0.3) is 0 Å². The summed E-state index contributed by atoms with van der Waals surface area (Å²) in [5.41, 5.74) is 0.937. The third-order valence-electron chi connectivity index (χ3n) is 1.74. The molecule has 0 amide bonds. The van der Waals surface area contributed by atoms with E-state index >= 15 is 0 Å². The summed E-state index contributed by atoms with van der Waals surface area (Å²) in [5, 5.41) is 3.19. The van der Waals surface area contributed by atoms with Crippen LogP contribution in [0.1, 0.15) is 13.8 Å². The molecule has 0 spiro atoms. The Hall–Kier alpha value is -1.03. The second-order valence-electron chi connectivity index (χ2n) is 3.60. The number of sulfone groups is 1. The first kappa shape index (κ1) is 11.0. The lowest BCUT2D eigenvalue weighted by Crippen LogP contribution is -2.09. The molecule has 0 heterocycles. The van der Waals surface area contributed by atoms with E-state index in [9.17, 15) is 8.42 Å². The van der Waals surface area contributed by atoms with Gasteiger partial charge in [0.1, 0.15) is 0 Å². The van der Waals surface area contributed by atoms with Crippen molar-refractivity contribution in [1.82, 2.24) is 0 Å². The summed E-state index contributed by atoms with van der Waals surface area (Å²) in [7, 11) is -3.08. The van der Waals surface area contributed by atoms with Gasteiger partial charge in [-0.15, -0.1) is 0 Å². The zero-order valence-corrected chi connectivity index (χ0v) is 9.43. The standard InChI is InChI=1S/C10H15NO2S/c1-8(2)11-9-4-6-10(7-5-9)14(3,12)13/h4-8,11H,1-3H3. The van der Waals surface area contributed by atoms with Crippen LogP contribution in [0.3, 0.4) is 0 Å². The Balaban J connectivity index is 2.90. The van der Waals surface area contributed by atoms with Crippen molar-refractivity contribution >= 4 is 15.5 Å². The second kappa shape index (κ2) is 4.00. The number of nitrogens with one attached hydrogen (secondary N) is 1. The summed E-state index contributed by atoms with van der Waals surface area (Å²) in [4.78, 5) is 0.354. The number of hydrogen-bond acceptors (Lipinski definition) is 3. The highest BCUT2D eigenvalue weighted by Crippen LogP contribution is 2.14. The molecule has 1 N–H and O–H groups in total. The third-order valence-corrected chi connectivity index (χ3v) is 2.87. The van der Waals surface area contributed by atoms with Crippen LogP contribution in [-0.2, 0) is 9.84 Å². The number of rotatable bonds is 3. The van der Waals surface area contributed by atoms with Gasteiger partial charge in [-0.05, 0) is 38.1 Å². The molecule has 14 heavy (non-hydrogen) atoms. The molecule has 0 atom stereocenters. The van der Waals surface area contributed by atoms with Crippen LogP contribution < -0.4 is 5.32 Å². The van der Waals surface area contributed by atoms with Crippen molar-refractivity contribution in [2.24, 2.45) is 0 Å². The van der Waals surface area contributed by atoms with Crippen molar-refractivity contribution < 1.29 is 8.42 Å². The van der Waals surface area contributed by atoms with Crippen LogP contribution in [0.2, 0.25) is 0 Å². The molecule has 3 nitrogen and oxygen atoms in total. The molecule has 1 aromatic rings. The molecule has 0 aliphatic carbocycles. The van der Waals surface area contributed by atoms with E-state index in [0.717, 1.165) is 5.69 Å². The minimum absolute atomic E-state index is 0.346. The van der Waals surface area contributed by atoms with Gasteiger partial charge in [0.2, 0.25) is 0 Å². The van der Waals surface area contributed by atoms with E-state index in [0.29, 0.717) is 10.9 Å². The van der Waals surface area contributed by atoms with Crippen LogP contribution in [-0.4, -0.2) is 20.7 Å². The first-order valence-electron chi connectivity index (χ1n) is 4.46. The predicted molar refractivity (Wildman–Crippen MR) is 58.3 cm³/mol. The van der Waals surface area contributed by atoms with Gasteiger partial charge >= 0.3 is 0 Å². The molecule has 0 unspecified atom stereocenters. The third kappa shape index (κ3) is 3.03. The Morgan fingerprint density at radius 1 is 1.14 bits per heavy atom. The monoisotopic (exact) mass is 213 g/mol. The van der Waals surface area contributed by atoms with Gasteiger partial charge in [-0.2, -0.15) is 0 Å². The SMILES string of the molecule is CC(C)Nc1ccc(S(C)(=O)=O)cc1. The summed E-state index contributed by atoms with van der Waals surface area (Å²) < 4.78 is 22.3. The van der Waals surface area contributed by atoms with Gasteiger partial charge < -0.3 is 5.32 Å². The summed E-state index contributed by atoms with van der Waals surface area (Å²) >= 11 is 0. The van der Waals surface area contributed by atoms with Crippen molar-refractivity contribution in [2.45, 2.75) is 24.8 Å². The molecule has 0 saturated carbocycles. The Labute approximate surface area is 85.1 Å². The van der Waals surface area contributed by atoms with Gasteiger partial charge in [-0.25, -0.2) is 8.42 Å². The molecular weight excluding hydrogens is 198 g/mol. The first-order chi connectivity index (χ1) is 6.39. The van der Waals surface area contributed by atoms with Gasteiger partial charge in [0.25, 0.3) is 0 Å². The Morgan fingerprint density at radius 3 is 2.00 bits per heavy atom. The molecule has 0 fully saturated rings. The molecule has 0 radical (unpaired) electrons. The van der Waals surface area contributed by atoms with E-state index in [1.54, 1.807) is 24.3 Å². The predicted octanol–water partition coefficient (Wildman–Crippen LogP) is 1.91. The van der Waals surface area contributed by atoms with Crippen molar-refractivity contribution in [2.75, 3.05) is 11.6 Å². The zero-order chi connectivity index (χ0) is 10.8. The summed E-state index contributed by atoms with van der Waals surface area (Å²) in [6, 6.07) is 7.12. The maximum Gasteiger partial charge on any atom is 0.175 e. The summed E-state index contributed by atoms with van der Waals surface area (Å²) in [5.74, 6) is 0. The highest BCUT2D eigenvalue weighted by Gasteiger charge is 2.05. The van der Waals surface area contributed by atoms with E-state index < -0.39 is 9.84 Å². The first-order valence-corrected chi connectivity index (χ1v) is 6.35. The molecule has 1 aromatic carbocycles. The van der Waals surface area contributed by atoms with Crippen molar-refractivity contribution in [3.05, 3.63) is 24.3 Å². The van der Waals surface area contributed by atoms with Crippen LogP contribution in [0.15, 0.2) is 29.2 Å². The average molecular weight is 213 g/mol. The average Bonchev–Trinajstić information content (AvgIpc) is 2.02. The van der Waals surface area contributed by atoms with Crippen LogP contribution in [0.5, 0.6) is 0 Å². The highest BCUT2D eigenvalue weighted by molar-refractivity contribution is 7.90. The summed E-state index contributed by atoms with van der Waals surface area (Å²) in [6.45, 7) is 4.06. The maximum atomic E-state index is 11.1. The Bertz CT molecular complexity index is 393. The van der Waals surface area contributed by atoms with Crippen LogP contribution in [0, 0.1) is 0 Å². The van der Waals surface area contributed by atoms with E-state index in [4.69, 9.17) is 0 Å². The molecule has 78 valence electrons. The lowest BCUT2D eigenvalue weighted by atomic mass is 10.3. The largest absolute Gasteiger partial charge is 0.383 e. The zero-order valence-electron chi connectivity index (χ0n) is 8.61. The second-order valence-corrected chi connectivity index (χ2v) is 5.61. The maximum absolute atomic E-state index is 11.1.